The van der Waals surface area contributed by atoms with E-state index in [2.05, 4.69) is 17.5 Å². The number of nitrogens with zero attached hydrogens (tertiary/aromatic N) is 1. The van der Waals surface area contributed by atoms with Crippen molar-refractivity contribution in [1.29, 1.82) is 0 Å². The quantitative estimate of drug-likeness (QED) is 0.0861. The van der Waals surface area contributed by atoms with Crippen LogP contribution in [0.4, 0.5) is 0 Å². The van der Waals surface area contributed by atoms with Gasteiger partial charge in [-0.25, -0.2) is 10.2 Å². The van der Waals surface area contributed by atoms with Gasteiger partial charge in [0.2, 0.25) is 5.91 Å². The summed E-state index contributed by atoms with van der Waals surface area (Å²) in [5.41, 5.74) is 3.50. The van der Waals surface area contributed by atoms with E-state index >= 15 is 0 Å². The van der Waals surface area contributed by atoms with Crippen molar-refractivity contribution in [3.05, 3.63) is 57.6 Å². The fourth-order valence-electron chi connectivity index (χ4n) is 3.46. The number of nitrogens with one attached hydrogen (secondary N) is 1. The van der Waals surface area contributed by atoms with Gasteiger partial charge in [-0.1, -0.05) is 81.5 Å². The SMILES string of the molecule is CCCCCCCCCCCC(=O)N/N=C\c1ccc(OC(=O)c2ccc(Cl)c(Cl)c2)c(OC)c1. The van der Waals surface area contributed by atoms with Gasteiger partial charge in [-0.15, -0.1) is 0 Å². The summed E-state index contributed by atoms with van der Waals surface area (Å²) in [7, 11) is 1.47. The summed E-state index contributed by atoms with van der Waals surface area (Å²) < 4.78 is 10.8. The number of halogens is 2. The van der Waals surface area contributed by atoms with E-state index < -0.39 is 5.97 Å². The van der Waals surface area contributed by atoms with Gasteiger partial charge in [-0.3, -0.25) is 4.79 Å². The molecule has 0 atom stereocenters. The molecule has 0 fully saturated rings. The van der Waals surface area contributed by atoms with E-state index in [1.165, 1.54) is 76.5 Å². The number of rotatable bonds is 15. The Hall–Kier alpha value is -2.57. The van der Waals surface area contributed by atoms with Crippen molar-refractivity contribution >= 4 is 41.3 Å². The average Bonchev–Trinajstić information content (AvgIpc) is 2.85. The van der Waals surface area contributed by atoms with Crippen molar-refractivity contribution in [3.8, 4) is 11.5 Å². The van der Waals surface area contributed by atoms with Gasteiger partial charge in [0.05, 0.1) is 28.9 Å². The Balaban J connectivity index is 1.76. The number of carbonyl (C=O) groups excluding carboxylic acids is 2. The van der Waals surface area contributed by atoms with Crippen LogP contribution in [0.15, 0.2) is 41.5 Å². The van der Waals surface area contributed by atoms with Gasteiger partial charge in [-0.2, -0.15) is 5.10 Å². The number of methoxy groups -OCH3 is 1. The van der Waals surface area contributed by atoms with Crippen LogP contribution in [0.1, 0.15) is 87.1 Å². The Morgan fingerprint density at radius 2 is 1.57 bits per heavy atom. The van der Waals surface area contributed by atoms with E-state index in [1.807, 2.05) is 0 Å². The molecular weight excluding hydrogens is 487 g/mol. The number of hydrogen-bond donors (Lipinski definition) is 1. The third-order valence-corrected chi connectivity index (χ3v) is 6.19. The average molecular weight is 521 g/mol. The van der Waals surface area contributed by atoms with E-state index in [1.54, 1.807) is 18.2 Å². The standard InChI is InChI=1S/C27H34Cl2N2O4/c1-3-4-5-6-7-8-9-10-11-12-26(32)31-30-19-20-13-16-24(25(17-20)34-2)35-27(33)21-14-15-22(28)23(29)18-21/h13-19H,3-12H2,1-2H3,(H,31,32)/b30-19-. The number of hydrogen-bond acceptors (Lipinski definition) is 5. The molecule has 2 aromatic carbocycles. The van der Waals surface area contributed by atoms with Gasteiger partial charge >= 0.3 is 5.97 Å². The minimum Gasteiger partial charge on any atom is -0.493 e. The van der Waals surface area contributed by atoms with Gasteiger partial charge in [0, 0.05) is 6.42 Å². The molecule has 0 bridgehead atoms. The normalized spacial score (nSPS) is 11.0. The van der Waals surface area contributed by atoms with E-state index in [9.17, 15) is 9.59 Å². The van der Waals surface area contributed by atoms with Gasteiger partial charge in [0.25, 0.3) is 0 Å². The topological polar surface area (TPSA) is 77.0 Å². The zero-order chi connectivity index (χ0) is 25.5. The highest BCUT2D eigenvalue weighted by Gasteiger charge is 2.14. The molecule has 0 saturated carbocycles. The number of ether oxygens (including phenoxy) is 2. The minimum atomic E-state index is -0.591. The molecule has 1 amide bonds. The second-order valence-corrected chi connectivity index (χ2v) is 9.11. The number of carbonyl (C=O) groups is 2. The van der Waals surface area contributed by atoms with Crippen molar-refractivity contribution in [3.63, 3.8) is 0 Å². The van der Waals surface area contributed by atoms with E-state index in [0.717, 1.165) is 12.8 Å². The molecule has 0 heterocycles. The second kappa shape index (κ2) is 16.2. The Morgan fingerprint density at radius 1 is 0.886 bits per heavy atom. The van der Waals surface area contributed by atoms with Gasteiger partial charge in [0.15, 0.2) is 11.5 Å². The Bertz CT molecular complexity index is 995. The minimum absolute atomic E-state index is 0.108. The van der Waals surface area contributed by atoms with E-state index in [-0.39, 0.29) is 22.2 Å². The number of hydrazone groups is 1. The maximum absolute atomic E-state index is 12.4. The number of esters is 1. The molecule has 35 heavy (non-hydrogen) atoms. The summed E-state index contributed by atoms with van der Waals surface area (Å²) >= 11 is 11.9. The Kier molecular flexibility index (Phi) is 13.2. The smallest absolute Gasteiger partial charge is 0.343 e. The van der Waals surface area contributed by atoms with Crippen molar-refractivity contribution in [2.24, 2.45) is 5.10 Å². The number of amides is 1. The van der Waals surface area contributed by atoms with Crippen LogP contribution in [0, 0.1) is 0 Å². The summed E-state index contributed by atoms with van der Waals surface area (Å²) in [5.74, 6) is -0.103. The van der Waals surface area contributed by atoms with Crippen LogP contribution in [0.25, 0.3) is 0 Å². The lowest BCUT2D eigenvalue weighted by Crippen LogP contribution is -2.16. The third-order valence-electron chi connectivity index (χ3n) is 5.46. The summed E-state index contributed by atoms with van der Waals surface area (Å²) in [6.45, 7) is 2.22. The first-order valence-corrected chi connectivity index (χ1v) is 12.9. The van der Waals surface area contributed by atoms with Crippen LogP contribution in [0.3, 0.4) is 0 Å². The van der Waals surface area contributed by atoms with Crippen LogP contribution in [-0.4, -0.2) is 25.2 Å². The lowest BCUT2D eigenvalue weighted by Gasteiger charge is -2.10. The lowest BCUT2D eigenvalue weighted by molar-refractivity contribution is -0.121. The van der Waals surface area contributed by atoms with Crippen LogP contribution >= 0.6 is 23.2 Å². The molecule has 190 valence electrons. The predicted molar refractivity (Wildman–Crippen MR) is 142 cm³/mol. The first-order valence-electron chi connectivity index (χ1n) is 12.1. The van der Waals surface area contributed by atoms with Crippen LogP contribution in [-0.2, 0) is 4.79 Å². The Labute approximate surface area is 218 Å². The molecule has 6 nitrogen and oxygen atoms in total. The molecule has 2 rings (SSSR count). The predicted octanol–water partition coefficient (Wildman–Crippen LogP) is 7.59. The molecule has 0 saturated heterocycles. The zero-order valence-corrected chi connectivity index (χ0v) is 22.0. The second-order valence-electron chi connectivity index (χ2n) is 8.30. The first-order chi connectivity index (χ1) is 16.9. The third kappa shape index (κ3) is 10.7. The van der Waals surface area contributed by atoms with Crippen molar-refractivity contribution < 1.29 is 19.1 Å². The fourth-order valence-corrected chi connectivity index (χ4v) is 3.76. The summed E-state index contributed by atoms with van der Waals surface area (Å²) in [6, 6.07) is 9.46. The van der Waals surface area contributed by atoms with Crippen molar-refractivity contribution in [2.75, 3.05) is 7.11 Å². The molecule has 0 aliphatic rings. The van der Waals surface area contributed by atoms with E-state index in [4.69, 9.17) is 32.7 Å². The molecule has 1 N–H and O–H groups in total. The van der Waals surface area contributed by atoms with Gasteiger partial charge in [0.1, 0.15) is 0 Å². The highest BCUT2D eigenvalue weighted by Crippen LogP contribution is 2.29. The summed E-state index contributed by atoms with van der Waals surface area (Å²) in [5, 5.41) is 4.63. The Morgan fingerprint density at radius 3 is 2.23 bits per heavy atom. The maximum Gasteiger partial charge on any atom is 0.343 e. The molecule has 0 radical (unpaired) electrons. The van der Waals surface area contributed by atoms with Gasteiger partial charge < -0.3 is 9.47 Å². The van der Waals surface area contributed by atoms with E-state index in [0.29, 0.717) is 22.8 Å². The van der Waals surface area contributed by atoms with Crippen LogP contribution < -0.4 is 14.9 Å². The number of benzene rings is 2. The fraction of sp³-hybridized carbons (Fsp3) is 0.444. The molecule has 0 aliphatic heterocycles. The number of unbranched alkanes of at least 4 members (excludes halogenated alkanes) is 8. The lowest BCUT2D eigenvalue weighted by atomic mass is 10.1. The van der Waals surface area contributed by atoms with Crippen molar-refractivity contribution in [1.82, 2.24) is 5.43 Å². The largest absolute Gasteiger partial charge is 0.493 e. The maximum atomic E-state index is 12.4. The monoisotopic (exact) mass is 520 g/mol. The first kappa shape index (κ1) is 28.7. The highest BCUT2D eigenvalue weighted by molar-refractivity contribution is 6.42. The van der Waals surface area contributed by atoms with Crippen LogP contribution in [0.2, 0.25) is 10.0 Å². The zero-order valence-electron chi connectivity index (χ0n) is 20.4. The van der Waals surface area contributed by atoms with Gasteiger partial charge in [-0.05, 0) is 48.4 Å². The molecule has 2 aromatic rings. The molecular formula is C27H34Cl2N2O4. The molecule has 0 aliphatic carbocycles. The molecule has 0 spiro atoms. The molecule has 0 aromatic heterocycles. The highest BCUT2D eigenvalue weighted by atomic mass is 35.5. The molecule has 8 heteroatoms. The summed E-state index contributed by atoms with van der Waals surface area (Å²) in [4.78, 5) is 24.4. The summed E-state index contributed by atoms with van der Waals surface area (Å²) in [6.07, 6.45) is 12.8. The van der Waals surface area contributed by atoms with Crippen LogP contribution in [0.5, 0.6) is 11.5 Å². The molecule has 0 unspecified atom stereocenters. The van der Waals surface area contributed by atoms with Crippen molar-refractivity contribution in [2.45, 2.75) is 71.1 Å².